The van der Waals surface area contributed by atoms with Gasteiger partial charge >= 0.3 is 0 Å². The van der Waals surface area contributed by atoms with Crippen molar-refractivity contribution in [2.45, 2.75) is 51.2 Å². The number of hydrogen-bond acceptors (Lipinski definition) is 6. The number of ether oxygens (including phenoxy) is 1. The first-order valence-corrected chi connectivity index (χ1v) is 8.65. The molecule has 1 amide bonds. The number of amides is 1. The molecule has 0 radical (unpaired) electrons. The van der Waals surface area contributed by atoms with Gasteiger partial charge in [0.15, 0.2) is 0 Å². The van der Waals surface area contributed by atoms with Gasteiger partial charge in [-0.15, -0.1) is 0 Å². The van der Waals surface area contributed by atoms with E-state index in [2.05, 4.69) is 15.3 Å². The lowest BCUT2D eigenvalue weighted by atomic mass is 9.93. The molecule has 1 aromatic carbocycles. The molecular weight excluding hydrogens is 320 g/mol. The monoisotopic (exact) mass is 344 g/mol. The van der Waals surface area contributed by atoms with Crippen LogP contribution in [0.2, 0.25) is 0 Å². The van der Waals surface area contributed by atoms with Crippen molar-refractivity contribution < 1.29 is 14.6 Å². The van der Waals surface area contributed by atoms with Gasteiger partial charge in [-0.25, -0.2) is 9.97 Å². The number of nitrogens with two attached hydrogens (primary N) is 1. The van der Waals surface area contributed by atoms with E-state index in [-0.39, 0.29) is 25.2 Å². The number of aromatic nitrogens is 2. The second-order valence-corrected chi connectivity index (χ2v) is 6.56. The second kappa shape index (κ2) is 7.65. The number of nitrogens with one attached hydrogen (secondary N) is 1. The summed E-state index contributed by atoms with van der Waals surface area (Å²) in [5, 5.41) is 13.8. The predicted octanol–water partition coefficient (Wildman–Crippen LogP) is 1.91. The molecular formula is C18H24N4O3. The summed E-state index contributed by atoms with van der Waals surface area (Å²) in [5.74, 6) is 0.817. The summed E-state index contributed by atoms with van der Waals surface area (Å²) in [4.78, 5) is 19.9. The maximum absolute atomic E-state index is 10.9. The first kappa shape index (κ1) is 17.4. The van der Waals surface area contributed by atoms with Gasteiger partial charge in [-0.2, -0.15) is 0 Å². The minimum atomic E-state index is -0.394. The molecule has 3 rings (SSSR count). The fourth-order valence-electron chi connectivity index (χ4n) is 3.08. The normalized spacial score (nSPS) is 20.4. The fraction of sp³-hybridized carbons (Fsp3) is 0.500. The SMILES string of the molecule is Cc1ccc2cnc(NC3CCC(O)CC3)nc2c1OCCC(N)=O. The molecule has 0 bridgehead atoms. The maximum Gasteiger partial charge on any atom is 0.223 e. The van der Waals surface area contributed by atoms with Crippen LogP contribution in [0.3, 0.4) is 0 Å². The number of nitrogens with zero attached hydrogens (tertiary/aromatic N) is 2. The highest BCUT2D eigenvalue weighted by atomic mass is 16.5. The molecule has 7 heteroatoms. The van der Waals surface area contributed by atoms with Crippen LogP contribution < -0.4 is 15.8 Å². The minimum Gasteiger partial charge on any atom is -0.490 e. The molecule has 134 valence electrons. The van der Waals surface area contributed by atoms with Gasteiger partial charge < -0.3 is 20.9 Å². The Kier molecular flexibility index (Phi) is 5.33. The molecule has 0 atom stereocenters. The molecule has 0 unspecified atom stereocenters. The number of fused-ring (bicyclic) bond motifs is 1. The average Bonchev–Trinajstić information content (AvgIpc) is 2.59. The lowest BCUT2D eigenvalue weighted by molar-refractivity contribution is -0.118. The first-order chi connectivity index (χ1) is 12.0. The van der Waals surface area contributed by atoms with E-state index in [1.54, 1.807) is 6.20 Å². The highest BCUT2D eigenvalue weighted by Gasteiger charge is 2.20. The smallest absolute Gasteiger partial charge is 0.223 e. The summed E-state index contributed by atoms with van der Waals surface area (Å²) in [5.41, 5.74) is 6.84. The van der Waals surface area contributed by atoms with E-state index in [1.807, 2.05) is 19.1 Å². The molecule has 2 aromatic rings. The molecule has 1 fully saturated rings. The van der Waals surface area contributed by atoms with Crippen LogP contribution in [-0.4, -0.2) is 39.7 Å². The number of aryl methyl sites for hydroxylation is 1. The maximum atomic E-state index is 10.9. The highest BCUT2D eigenvalue weighted by molar-refractivity contribution is 5.86. The summed E-state index contributed by atoms with van der Waals surface area (Å²) in [6.45, 7) is 2.17. The minimum absolute atomic E-state index is 0.163. The van der Waals surface area contributed by atoms with Gasteiger partial charge in [0.25, 0.3) is 0 Å². The van der Waals surface area contributed by atoms with E-state index in [1.165, 1.54) is 0 Å². The van der Waals surface area contributed by atoms with Crippen LogP contribution in [0, 0.1) is 6.92 Å². The molecule has 0 aliphatic heterocycles. The van der Waals surface area contributed by atoms with Crippen molar-refractivity contribution in [1.82, 2.24) is 9.97 Å². The Morgan fingerprint density at radius 3 is 2.84 bits per heavy atom. The van der Waals surface area contributed by atoms with Gasteiger partial charge in [0, 0.05) is 17.6 Å². The summed E-state index contributed by atoms with van der Waals surface area (Å²) < 4.78 is 5.77. The Morgan fingerprint density at radius 2 is 2.12 bits per heavy atom. The zero-order valence-corrected chi connectivity index (χ0v) is 14.4. The predicted molar refractivity (Wildman–Crippen MR) is 95.5 cm³/mol. The van der Waals surface area contributed by atoms with Crippen LogP contribution in [0.15, 0.2) is 18.3 Å². The van der Waals surface area contributed by atoms with Crippen molar-refractivity contribution in [1.29, 1.82) is 0 Å². The van der Waals surface area contributed by atoms with Crippen LogP contribution in [0.5, 0.6) is 5.75 Å². The largest absolute Gasteiger partial charge is 0.490 e. The van der Waals surface area contributed by atoms with E-state index in [4.69, 9.17) is 10.5 Å². The lowest BCUT2D eigenvalue weighted by Crippen LogP contribution is -2.28. The topological polar surface area (TPSA) is 110 Å². The molecule has 0 spiro atoms. The zero-order valence-electron chi connectivity index (χ0n) is 14.4. The van der Waals surface area contributed by atoms with Crippen molar-refractivity contribution in [2.24, 2.45) is 5.73 Å². The van der Waals surface area contributed by atoms with Crippen LogP contribution in [0.25, 0.3) is 10.9 Å². The van der Waals surface area contributed by atoms with E-state index < -0.39 is 5.91 Å². The molecule has 1 heterocycles. The second-order valence-electron chi connectivity index (χ2n) is 6.56. The molecule has 1 aliphatic rings. The molecule has 25 heavy (non-hydrogen) atoms. The summed E-state index contributed by atoms with van der Waals surface area (Å²) >= 11 is 0. The molecule has 4 N–H and O–H groups in total. The van der Waals surface area contributed by atoms with Gasteiger partial charge in [0.05, 0.1) is 19.1 Å². The van der Waals surface area contributed by atoms with Gasteiger partial charge in [0.2, 0.25) is 11.9 Å². The van der Waals surface area contributed by atoms with Crippen molar-refractivity contribution in [3.63, 3.8) is 0 Å². The average molecular weight is 344 g/mol. The third-order valence-electron chi connectivity index (χ3n) is 4.53. The first-order valence-electron chi connectivity index (χ1n) is 8.65. The molecule has 1 aliphatic carbocycles. The number of anilines is 1. The summed E-state index contributed by atoms with van der Waals surface area (Å²) in [7, 11) is 0. The number of carbonyl (C=O) groups is 1. The fourth-order valence-corrected chi connectivity index (χ4v) is 3.08. The Balaban J connectivity index is 1.80. The van der Waals surface area contributed by atoms with Gasteiger partial charge in [-0.1, -0.05) is 12.1 Å². The van der Waals surface area contributed by atoms with Crippen molar-refractivity contribution in [2.75, 3.05) is 11.9 Å². The van der Waals surface area contributed by atoms with Crippen LogP contribution in [-0.2, 0) is 4.79 Å². The third kappa shape index (κ3) is 4.36. The number of rotatable bonds is 6. The van der Waals surface area contributed by atoms with E-state index in [0.29, 0.717) is 11.7 Å². The van der Waals surface area contributed by atoms with Crippen molar-refractivity contribution >= 4 is 22.8 Å². The quantitative estimate of drug-likeness (QED) is 0.738. The van der Waals surface area contributed by atoms with Gasteiger partial charge in [-0.05, 0) is 38.2 Å². The van der Waals surface area contributed by atoms with Gasteiger partial charge in [0.1, 0.15) is 11.3 Å². The Morgan fingerprint density at radius 1 is 1.36 bits per heavy atom. The zero-order chi connectivity index (χ0) is 17.8. The number of aliphatic hydroxyl groups excluding tert-OH is 1. The van der Waals surface area contributed by atoms with E-state index in [9.17, 15) is 9.90 Å². The third-order valence-corrected chi connectivity index (χ3v) is 4.53. The number of primary amides is 1. The molecule has 1 saturated carbocycles. The number of aliphatic hydroxyl groups is 1. The summed E-state index contributed by atoms with van der Waals surface area (Å²) in [6, 6.07) is 4.16. The molecule has 7 nitrogen and oxygen atoms in total. The van der Waals surface area contributed by atoms with E-state index in [0.717, 1.165) is 42.1 Å². The van der Waals surface area contributed by atoms with Crippen LogP contribution in [0.1, 0.15) is 37.7 Å². The van der Waals surface area contributed by atoms with Crippen LogP contribution >= 0.6 is 0 Å². The number of benzene rings is 1. The standard InChI is InChI=1S/C18H24N4O3/c1-11-2-3-12-10-20-18(21-13-4-6-14(23)7-5-13)22-16(12)17(11)25-9-8-15(19)24/h2-3,10,13-14,23H,4-9H2,1H3,(H2,19,24)(H,20,21,22). The van der Waals surface area contributed by atoms with Crippen LogP contribution in [0.4, 0.5) is 5.95 Å². The van der Waals surface area contributed by atoms with Crippen molar-refractivity contribution in [3.8, 4) is 5.75 Å². The van der Waals surface area contributed by atoms with Gasteiger partial charge in [-0.3, -0.25) is 4.79 Å². The van der Waals surface area contributed by atoms with E-state index >= 15 is 0 Å². The lowest BCUT2D eigenvalue weighted by Gasteiger charge is -2.26. The molecule has 0 saturated heterocycles. The van der Waals surface area contributed by atoms with Crippen molar-refractivity contribution in [3.05, 3.63) is 23.9 Å². The molecule has 1 aromatic heterocycles. The Hall–Kier alpha value is -2.41. The Bertz CT molecular complexity index is 757. The number of carbonyl (C=O) groups excluding carboxylic acids is 1. The Labute approximate surface area is 146 Å². The number of hydrogen-bond donors (Lipinski definition) is 3. The summed E-state index contributed by atoms with van der Waals surface area (Å²) in [6.07, 6.45) is 5.14. The highest BCUT2D eigenvalue weighted by Crippen LogP contribution is 2.29.